The molecule has 110 valence electrons. The van der Waals surface area contributed by atoms with Gasteiger partial charge in [-0.25, -0.2) is 4.79 Å². The third-order valence-electron chi connectivity index (χ3n) is 3.87. The second-order valence-electron chi connectivity index (χ2n) is 6.51. The number of carboxylic acid groups (broad SMARTS) is 1. The highest BCUT2D eigenvalue weighted by Gasteiger charge is 2.34. The van der Waals surface area contributed by atoms with Crippen LogP contribution < -0.4 is 0 Å². The van der Waals surface area contributed by atoms with E-state index in [1.807, 2.05) is 0 Å². The smallest absolute Gasteiger partial charge is 0.326 e. The number of aliphatic carboxylic acids is 1. The second-order valence-corrected chi connectivity index (χ2v) is 6.51. The lowest BCUT2D eigenvalue weighted by molar-refractivity contribution is -0.153. The van der Waals surface area contributed by atoms with E-state index in [1.165, 1.54) is 0 Å². The minimum absolute atomic E-state index is 0.00690. The Morgan fingerprint density at radius 2 is 1.95 bits per heavy atom. The van der Waals surface area contributed by atoms with Crippen LogP contribution in [0.3, 0.4) is 0 Å². The van der Waals surface area contributed by atoms with Crippen LogP contribution in [0.4, 0.5) is 0 Å². The molecule has 19 heavy (non-hydrogen) atoms. The van der Waals surface area contributed by atoms with Crippen molar-refractivity contribution in [1.29, 1.82) is 0 Å². The van der Waals surface area contributed by atoms with Crippen molar-refractivity contribution in [3.05, 3.63) is 0 Å². The number of carboxylic acids is 1. The van der Waals surface area contributed by atoms with E-state index in [9.17, 15) is 14.7 Å². The van der Waals surface area contributed by atoms with Crippen LogP contribution >= 0.6 is 0 Å². The molecular weight excluding hydrogens is 242 g/mol. The summed E-state index contributed by atoms with van der Waals surface area (Å²) >= 11 is 0. The van der Waals surface area contributed by atoms with Gasteiger partial charge in [0, 0.05) is 13.0 Å². The highest BCUT2D eigenvalue weighted by Crippen LogP contribution is 2.25. The van der Waals surface area contributed by atoms with E-state index < -0.39 is 12.0 Å². The molecule has 0 bridgehead atoms. The average Bonchev–Trinajstić information content (AvgIpc) is 2.27. The summed E-state index contributed by atoms with van der Waals surface area (Å²) in [5, 5.41) is 9.26. The topological polar surface area (TPSA) is 57.6 Å². The summed E-state index contributed by atoms with van der Waals surface area (Å²) in [7, 11) is 0. The summed E-state index contributed by atoms with van der Waals surface area (Å²) in [6, 6.07) is -0.623. The fourth-order valence-electron chi connectivity index (χ4n) is 2.98. The molecule has 1 aliphatic rings. The van der Waals surface area contributed by atoms with Crippen LogP contribution in [0.5, 0.6) is 0 Å². The Balaban J connectivity index is 2.61. The van der Waals surface area contributed by atoms with E-state index in [-0.39, 0.29) is 5.91 Å². The maximum atomic E-state index is 12.3. The summed E-state index contributed by atoms with van der Waals surface area (Å²) in [5.41, 5.74) is 0. The Morgan fingerprint density at radius 1 is 1.32 bits per heavy atom. The van der Waals surface area contributed by atoms with Crippen molar-refractivity contribution in [2.45, 2.75) is 59.4 Å². The van der Waals surface area contributed by atoms with Crippen molar-refractivity contribution in [2.75, 3.05) is 6.54 Å². The van der Waals surface area contributed by atoms with Crippen LogP contribution in [0.25, 0.3) is 0 Å². The molecule has 3 unspecified atom stereocenters. The van der Waals surface area contributed by atoms with Crippen molar-refractivity contribution in [3.8, 4) is 0 Å². The number of amides is 1. The first kappa shape index (κ1) is 16.0. The number of likely N-dealkylation sites (tertiary alicyclic amines) is 1. The quantitative estimate of drug-likeness (QED) is 0.835. The predicted octanol–water partition coefficient (Wildman–Crippen LogP) is 2.77. The Hall–Kier alpha value is -1.06. The minimum atomic E-state index is -0.864. The number of nitrogens with zero attached hydrogens (tertiary/aromatic N) is 1. The number of carbonyl (C=O) groups is 2. The van der Waals surface area contributed by atoms with Gasteiger partial charge in [-0.1, -0.05) is 27.7 Å². The average molecular weight is 269 g/mol. The minimum Gasteiger partial charge on any atom is -0.480 e. The molecule has 1 N–H and O–H groups in total. The molecule has 0 aromatic carbocycles. The molecule has 1 rings (SSSR count). The highest BCUT2D eigenvalue weighted by molar-refractivity contribution is 5.84. The van der Waals surface area contributed by atoms with Crippen molar-refractivity contribution < 1.29 is 14.7 Å². The van der Waals surface area contributed by atoms with Crippen LogP contribution in [-0.4, -0.2) is 34.5 Å². The van der Waals surface area contributed by atoms with Crippen molar-refractivity contribution in [1.82, 2.24) is 4.90 Å². The second kappa shape index (κ2) is 6.92. The van der Waals surface area contributed by atoms with Gasteiger partial charge in [-0.05, 0) is 37.0 Å². The molecule has 1 amide bonds. The largest absolute Gasteiger partial charge is 0.480 e. The van der Waals surface area contributed by atoms with E-state index >= 15 is 0 Å². The third-order valence-corrected chi connectivity index (χ3v) is 3.87. The molecule has 1 heterocycles. The third kappa shape index (κ3) is 4.84. The standard InChI is InChI=1S/C15H27NO3/c1-10(2)7-12(4)9-14(17)16-6-5-11(3)8-13(16)15(18)19/h10-13H,5-9H2,1-4H3,(H,18,19). The maximum Gasteiger partial charge on any atom is 0.326 e. The molecule has 0 aromatic heterocycles. The highest BCUT2D eigenvalue weighted by atomic mass is 16.4. The lowest BCUT2D eigenvalue weighted by Gasteiger charge is -2.36. The Morgan fingerprint density at radius 3 is 2.47 bits per heavy atom. The molecule has 0 radical (unpaired) electrons. The Bertz CT molecular complexity index is 327. The van der Waals surface area contributed by atoms with Gasteiger partial charge in [-0.2, -0.15) is 0 Å². The van der Waals surface area contributed by atoms with Crippen molar-refractivity contribution in [3.63, 3.8) is 0 Å². The van der Waals surface area contributed by atoms with Crippen LogP contribution in [0.1, 0.15) is 53.4 Å². The van der Waals surface area contributed by atoms with Gasteiger partial charge in [0.25, 0.3) is 0 Å². The molecule has 0 aromatic rings. The van der Waals surface area contributed by atoms with Crippen molar-refractivity contribution in [2.24, 2.45) is 17.8 Å². The predicted molar refractivity (Wildman–Crippen MR) is 74.8 cm³/mol. The van der Waals surface area contributed by atoms with Gasteiger partial charge in [0.05, 0.1) is 0 Å². The number of rotatable bonds is 5. The molecule has 1 saturated heterocycles. The number of piperidine rings is 1. The van der Waals surface area contributed by atoms with Gasteiger partial charge in [0.1, 0.15) is 6.04 Å². The van der Waals surface area contributed by atoms with Gasteiger partial charge < -0.3 is 10.0 Å². The van der Waals surface area contributed by atoms with Crippen LogP contribution in [0.15, 0.2) is 0 Å². The Kier molecular flexibility index (Phi) is 5.83. The SMILES string of the molecule is CC(C)CC(C)CC(=O)N1CCC(C)CC1C(=O)O. The van der Waals surface area contributed by atoms with Crippen molar-refractivity contribution >= 4 is 11.9 Å². The summed E-state index contributed by atoms with van der Waals surface area (Å²) < 4.78 is 0. The molecule has 0 spiro atoms. The number of carbonyl (C=O) groups excluding carboxylic acids is 1. The van der Waals surface area contributed by atoms with Crippen LogP contribution in [0, 0.1) is 17.8 Å². The molecule has 0 aliphatic carbocycles. The lowest BCUT2D eigenvalue weighted by atomic mass is 9.90. The molecule has 4 heteroatoms. The van der Waals surface area contributed by atoms with Gasteiger partial charge in [0.15, 0.2) is 0 Å². The fraction of sp³-hybridized carbons (Fsp3) is 0.867. The first-order valence-electron chi connectivity index (χ1n) is 7.33. The van der Waals surface area contributed by atoms with Crippen LogP contribution in [-0.2, 0) is 9.59 Å². The number of hydrogen-bond donors (Lipinski definition) is 1. The van der Waals surface area contributed by atoms with E-state index in [0.717, 1.165) is 12.8 Å². The van der Waals surface area contributed by atoms with E-state index in [4.69, 9.17) is 0 Å². The summed E-state index contributed by atoms with van der Waals surface area (Å²) in [6.07, 6.45) is 2.97. The maximum absolute atomic E-state index is 12.3. The zero-order chi connectivity index (χ0) is 14.6. The summed E-state index contributed by atoms with van der Waals surface area (Å²) in [4.78, 5) is 25.1. The monoisotopic (exact) mass is 269 g/mol. The lowest BCUT2D eigenvalue weighted by Crippen LogP contribution is -2.50. The van der Waals surface area contributed by atoms with E-state index in [1.54, 1.807) is 4.90 Å². The zero-order valence-corrected chi connectivity index (χ0v) is 12.6. The van der Waals surface area contributed by atoms with Gasteiger partial charge >= 0.3 is 5.97 Å². The zero-order valence-electron chi connectivity index (χ0n) is 12.6. The molecule has 0 saturated carbocycles. The summed E-state index contributed by atoms with van der Waals surface area (Å²) in [5.74, 6) is 0.419. The first-order valence-corrected chi connectivity index (χ1v) is 7.33. The molecular formula is C15H27NO3. The first-order chi connectivity index (χ1) is 8.81. The van der Waals surface area contributed by atoms with E-state index in [2.05, 4.69) is 27.7 Å². The number of hydrogen-bond acceptors (Lipinski definition) is 2. The van der Waals surface area contributed by atoms with Gasteiger partial charge in [0.2, 0.25) is 5.91 Å². The summed E-state index contributed by atoms with van der Waals surface area (Å²) in [6.45, 7) is 9.00. The van der Waals surface area contributed by atoms with Crippen LogP contribution in [0.2, 0.25) is 0 Å². The Labute approximate surface area is 116 Å². The molecule has 1 fully saturated rings. The van der Waals surface area contributed by atoms with E-state index in [0.29, 0.717) is 37.1 Å². The normalized spacial score (nSPS) is 25.4. The van der Waals surface area contributed by atoms with Gasteiger partial charge in [-0.3, -0.25) is 4.79 Å². The van der Waals surface area contributed by atoms with Gasteiger partial charge in [-0.15, -0.1) is 0 Å². The fourth-order valence-corrected chi connectivity index (χ4v) is 2.98. The molecule has 3 atom stereocenters. The molecule has 4 nitrogen and oxygen atoms in total. The molecule has 1 aliphatic heterocycles.